The minimum atomic E-state index is -0.827. The van der Waals surface area contributed by atoms with Gasteiger partial charge in [0.2, 0.25) is 5.91 Å². The highest BCUT2D eigenvalue weighted by atomic mass is 16.4. The molecule has 17 heavy (non-hydrogen) atoms. The molecule has 0 unspecified atom stereocenters. The molecule has 2 N–H and O–H groups in total. The van der Waals surface area contributed by atoms with Gasteiger partial charge in [-0.05, 0) is 33.1 Å². The van der Waals surface area contributed by atoms with E-state index >= 15 is 0 Å². The van der Waals surface area contributed by atoms with Gasteiger partial charge < -0.3 is 10.4 Å². The molecule has 0 aliphatic heterocycles. The fourth-order valence-corrected chi connectivity index (χ4v) is 2.49. The highest BCUT2D eigenvalue weighted by Crippen LogP contribution is 2.44. The first-order chi connectivity index (χ1) is 7.81. The molecule has 0 heterocycles. The Hall–Kier alpha value is -1.06. The Morgan fingerprint density at radius 1 is 1.35 bits per heavy atom. The van der Waals surface area contributed by atoms with Crippen molar-refractivity contribution >= 4 is 11.9 Å². The van der Waals surface area contributed by atoms with Crippen molar-refractivity contribution in [1.29, 1.82) is 0 Å². The van der Waals surface area contributed by atoms with E-state index in [0.29, 0.717) is 12.8 Å². The monoisotopic (exact) mass is 241 g/mol. The van der Waals surface area contributed by atoms with Gasteiger partial charge in [0.1, 0.15) is 0 Å². The molecule has 0 radical (unpaired) electrons. The van der Waals surface area contributed by atoms with Crippen LogP contribution < -0.4 is 5.32 Å². The fourth-order valence-electron chi connectivity index (χ4n) is 2.49. The molecule has 0 aromatic rings. The van der Waals surface area contributed by atoms with E-state index in [-0.39, 0.29) is 17.9 Å². The molecule has 0 aromatic carbocycles. The van der Waals surface area contributed by atoms with Crippen molar-refractivity contribution in [3.8, 4) is 0 Å². The summed E-state index contributed by atoms with van der Waals surface area (Å²) in [6.45, 7) is 6.02. The lowest BCUT2D eigenvalue weighted by atomic mass is 9.66. The first-order valence-corrected chi connectivity index (χ1v) is 6.36. The first kappa shape index (κ1) is 14.0. The summed E-state index contributed by atoms with van der Waals surface area (Å²) in [5, 5.41) is 12.1. The van der Waals surface area contributed by atoms with E-state index in [1.54, 1.807) is 0 Å². The number of carbonyl (C=O) groups excluding carboxylic acids is 1. The standard InChI is InChI=1S/C13H23NO3/c1-4-6-12(2,3)14-10(15)9-13(11(16)17)7-5-8-13/h4-9H2,1-3H3,(H,14,15)(H,16,17). The Kier molecular flexibility index (Phi) is 4.17. The lowest BCUT2D eigenvalue weighted by Gasteiger charge is -2.38. The number of rotatable bonds is 6. The quantitative estimate of drug-likeness (QED) is 0.750. The van der Waals surface area contributed by atoms with Crippen molar-refractivity contribution in [2.24, 2.45) is 5.41 Å². The van der Waals surface area contributed by atoms with Crippen LogP contribution in [-0.2, 0) is 9.59 Å². The molecular formula is C13H23NO3. The summed E-state index contributed by atoms with van der Waals surface area (Å²) in [6.07, 6.45) is 4.19. The number of hydrogen-bond acceptors (Lipinski definition) is 2. The molecule has 1 aliphatic rings. The maximum Gasteiger partial charge on any atom is 0.310 e. The van der Waals surface area contributed by atoms with Gasteiger partial charge in [-0.1, -0.05) is 19.8 Å². The molecule has 0 atom stereocenters. The topological polar surface area (TPSA) is 66.4 Å². The lowest BCUT2D eigenvalue weighted by molar-refractivity contribution is -0.157. The zero-order valence-electron chi connectivity index (χ0n) is 11.0. The summed E-state index contributed by atoms with van der Waals surface area (Å²) in [5.41, 5.74) is -1.03. The van der Waals surface area contributed by atoms with Crippen LogP contribution in [-0.4, -0.2) is 22.5 Å². The van der Waals surface area contributed by atoms with Crippen LogP contribution >= 0.6 is 0 Å². The van der Waals surface area contributed by atoms with Crippen LogP contribution in [0.25, 0.3) is 0 Å². The van der Waals surface area contributed by atoms with Gasteiger partial charge in [0.15, 0.2) is 0 Å². The molecule has 1 amide bonds. The van der Waals surface area contributed by atoms with E-state index in [0.717, 1.165) is 19.3 Å². The van der Waals surface area contributed by atoms with Gasteiger partial charge in [0, 0.05) is 12.0 Å². The van der Waals surface area contributed by atoms with Crippen molar-refractivity contribution in [3.63, 3.8) is 0 Å². The summed E-state index contributed by atoms with van der Waals surface area (Å²) >= 11 is 0. The summed E-state index contributed by atoms with van der Waals surface area (Å²) in [4.78, 5) is 23.0. The predicted molar refractivity (Wildman–Crippen MR) is 65.7 cm³/mol. The van der Waals surface area contributed by atoms with Crippen molar-refractivity contribution in [3.05, 3.63) is 0 Å². The molecule has 0 spiro atoms. The Labute approximate surface area is 103 Å². The predicted octanol–water partition coefficient (Wildman–Crippen LogP) is 2.33. The van der Waals surface area contributed by atoms with Gasteiger partial charge in [-0.15, -0.1) is 0 Å². The van der Waals surface area contributed by atoms with Crippen molar-refractivity contribution in [1.82, 2.24) is 5.32 Å². The second-order valence-corrected chi connectivity index (χ2v) is 5.80. The zero-order valence-corrected chi connectivity index (χ0v) is 11.0. The summed E-state index contributed by atoms with van der Waals surface area (Å²) in [7, 11) is 0. The maximum atomic E-state index is 11.9. The number of nitrogens with one attached hydrogen (secondary N) is 1. The maximum absolute atomic E-state index is 11.9. The summed E-state index contributed by atoms with van der Waals surface area (Å²) in [6, 6.07) is 0. The Balaban J connectivity index is 2.52. The van der Waals surface area contributed by atoms with E-state index in [4.69, 9.17) is 5.11 Å². The van der Waals surface area contributed by atoms with Gasteiger partial charge in [-0.2, -0.15) is 0 Å². The molecule has 4 heteroatoms. The van der Waals surface area contributed by atoms with Crippen LogP contribution in [0.2, 0.25) is 0 Å². The van der Waals surface area contributed by atoms with Crippen LogP contribution in [0.15, 0.2) is 0 Å². The molecular weight excluding hydrogens is 218 g/mol. The Morgan fingerprint density at radius 2 is 1.94 bits per heavy atom. The third-order valence-corrected chi connectivity index (χ3v) is 3.62. The SMILES string of the molecule is CCCC(C)(C)NC(=O)CC1(C(=O)O)CCC1. The van der Waals surface area contributed by atoms with Crippen LogP contribution in [0.1, 0.15) is 59.3 Å². The van der Waals surface area contributed by atoms with Crippen LogP contribution in [0.5, 0.6) is 0 Å². The molecule has 1 aliphatic carbocycles. The highest BCUT2D eigenvalue weighted by molar-refractivity contribution is 5.85. The van der Waals surface area contributed by atoms with E-state index in [1.165, 1.54) is 0 Å². The van der Waals surface area contributed by atoms with Crippen LogP contribution in [0.3, 0.4) is 0 Å². The smallest absolute Gasteiger partial charge is 0.310 e. The number of carboxylic acids is 1. The highest BCUT2D eigenvalue weighted by Gasteiger charge is 2.46. The number of carbonyl (C=O) groups is 2. The molecule has 1 rings (SSSR count). The second kappa shape index (κ2) is 5.07. The van der Waals surface area contributed by atoms with E-state index in [1.807, 2.05) is 13.8 Å². The second-order valence-electron chi connectivity index (χ2n) is 5.80. The molecule has 0 saturated heterocycles. The van der Waals surface area contributed by atoms with Crippen molar-refractivity contribution in [2.45, 2.75) is 64.8 Å². The summed E-state index contributed by atoms with van der Waals surface area (Å²) in [5.74, 6) is -0.960. The van der Waals surface area contributed by atoms with Gasteiger partial charge in [-0.25, -0.2) is 0 Å². The van der Waals surface area contributed by atoms with Crippen LogP contribution in [0.4, 0.5) is 0 Å². The van der Waals surface area contributed by atoms with E-state index < -0.39 is 11.4 Å². The average molecular weight is 241 g/mol. The number of carboxylic acid groups (broad SMARTS) is 1. The Morgan fingerprint density at radius 3 is 2.29 bits per heavy atom. The molecule has 1 fully saturated rings. The minimum Gasteiger partial charge on any atom is -0.481 e. The third-order valence-electron chi connectivity index (χ3n) is 3.62. The van der Waals surface area contributed by atoms with Crippen molar-refractivity contribution in [2.75, 3.05) is 0 Å². The normalized spacial score (nSPS) is 18.3. The van der Waals surface area contributed by atoms with E-state index in [2.05, 4.69) is 12.2 Å². The van der Waals surface area contributed by atoms with Gasteiger partial charge >= 0.3 is 5.97 Å². The number of aliphatic carboxylic acids is 1. The third kappa shape index (κ3) is 3.45. The van der Waals surface area contributed by atoms with Crippen molar-refractivity contribution < 1.29 is 14.7 Å². The van der Waals surface area contributed by atoms with Gasteiger partial charge in [0.05, 0.1) is 5.41 Å². The average Bonchev–Trinajstić information content (AvgIpc) is 2.09. The van der Waals surface area contributed by atoms with E-state index in [9.17, 15) is 9.59 Å². The fraction of sp³-hybridized carbons (Fsp3) is 0.846. The molecule has 98 valence electrons. The summed E-state index contributed by atoms with van der Waals surface area (Å²) < 4.78 is 0. The largest absolute Gasteiger partial charge is 0.481 e. The first-order valence-electron chi connectivity index (χ1n) is 6.36. The van der Waals surface area contributed by atoms with Gasteiger partial charge in [0.25, 0.3) is 0 Å². The number of amides is 1. The molecule has 0 bridgehead atoms. The zero-order chi connectivity index (χ0) is 13.1. The molecule has 1 saturated carbocycles. The lowest BCUT2D eigenvalue weighted by Crippen LogP contribution is -2.48. The number of hydrogen-bond donors (Lipinski definition) is 2. The minimum absolute atomic E-state index is 0.121. The van der Waals surface area contributed by atoms with Crippen LogP contribution in [0, 0.1) is 5.41 Å². The van der Waals surface area contributed by atoms with Gasteiger partial charge in [-0.3, -0.25) is 9.59 Å². The molecule has 4 nitrogen and oxygen atoms in total. The Bertz CT molecular complexity index is 306. The molecule has 0 aromatic heterocycles.